The lowest BCUT2D eigenvalue weighted by Crippen LogP contribution is -2.35. The molecule has 0 saturated carbocycles. The number of ketones is 2. The molecule has 1 heterocycles. The van der Waals surface area contributed by atoms with Crippen LogP contribution in [0.3, 0.4) is 0 Å². The second-order valence-electron chi connectivity index (χ2n) is 3.82. The molecule has 1 fully saturated rings. The summed E-state index contributed by atoms with van der Waals surface area (Å²) in [5.41, 5.74) is 0. The van der Waals surface area contributed by atoms with Crippen LogP contribution in [0.15, 0.2) is 0 Å². The summed E-state index contributed by atoms with van der Waals surface area (Å²) in [6.07, 6.45) is 0.807. The summed E-state index contributed by atoms with van der Waals surface area (Å²) in [5.74, 6) is -2.03. The van der Waals surface area contributed by atoms with Crippen molar-refractivity contribution in [2.24, 2.45) is 11.8 Å². The van der Waals surface area contributed by atoms with Crippen LogP contribution >= 0.6 is 0 Å². The van der Waals surface area contributed by atoms with Gasteiger partial charge in [0.25, 0.3) is 0 Å². The van der Waals surface area contributed by atoms with E-state index in [2.05, 4.69) is 5.32 Å². The lowest BCUT2D eigenvalue weighted by molar-refractivity contribution is -0.135. The number of rotatable bonds is 3. The van der Waals surface area contributed by atoms with Crippen molar-refractivity contribution in [2.75, 3.05) is 0 Å². The SMILES string of the molecule is CC[C@@H](C)[C@@H]1NC(=O)[C@@H](C(C)=O)C1=O. The van der Waals surface area contributed by atoms with Crippen molar-refractivity contribution in [1.82, 2.24) is 5.32 Å². The average molecular weight is 197 g/mol. The molecule has 0 bridgehead atoms. The number of hydrogen-bond acceptors (Lipinski definition) is 3. The smallest absolute Gasteiger partial charge is 0.238 e. The molecule has 1 aliphatic rings. The normalized spacial score (nSPS) is 28.8. The van der Waals surface area contributed by atoms with Crippen LogP contribution in [0.25, 0.3) is 0 Å². The minimum absolute atomic E-state index is 0.0933. The summed E-state index contributed by atoms with van der Waals surface area (Å²) in [4.78, 5) is 34.0. The van der Waals surface area contributed by atoms with Gasteiger partial charge < -0.3 is 5.32 Å². The van der Waals surface area contributed by atoms with Crippen molar-refractivity contribution >= 4 is 17.5 Å². The van der Waals surface area contributed by atoms with Gasteiger partial charge >= 0.3 is 0 Å². The van der Waals surface area contributed by atoms with Crippen molar-refractivity contribution in [1.29, 1.82) is 0 Å². The van der Waals surface area contributed by atoms with E-state index in [1.807, 2.05) is 13.8 Å². The van der Waals surface area contributed by atoms with Gasteiger partial charge in [0.2, 0.25) is 5.91 Å². The molecule has 4 heteroatoms. The number of carbonyl (C=O) groups excluding carboxylic acids is 3. The molecule has 0 radical (unpaired) electrons. The Kier molecular flexibility index (Phi) is 3.03. The van der Waals surface area contributed by atoms with Crippen molar-refractivity contribution in [3.8, 4) is 0 Å². The molecule has 0 aromatic carbocycles. The lowest BCUT2D eigenvalue weighted by Gasteiger charge is -2.15. The highest BCUT2D eigenvalue weighted by molar-refractivity contribution is 6.23. The van der Waals surface area contributed by atoms with E-state index >= 15 is 0 Å². The molecule has 3 atom stereocenters. The van der Waals surface area contributed by atoms with Gasteiger partial charge in [-0.2, -0.15) is 0 Å². The van der Waals surface area contributed by atoms with Crippen molar-refractivity contribution in [3.05, 3.63) is 0 Å². The predicted octanol–water partition coefficient (Wildman–Crippen LogP) is 0.305. The molecule has 0 aliphatic carbocycles. The summed E-state index contributed by atoms with van der Waals surface area (Å²) >= 11 is 0. The van der Waals surface area contributed by atoms with E-state index < -0.39 is 17.9 Å². The Balaban J connectivity index is 2.84. The largest absolute Gasteiger partial charge is 0.345 e. The van der Waals surface area contributed by atoms with Gasteiger partial charge in [-0.3, -0.25) is 14.4 Å². The van der Waals surface area contributed by atoms with Gasteiger partial charge in [0, 0.05) is 0 Å². The van der Waals surface area contributed by atoms with Crippen LogP contribution in [0.2, 0.25) is 0 Å². The molecule has 0 spiro atoms. The maximum atomic E-state index is 11.7. The van der Waals surface area contributed by atoms with E-state index in [1.54, 1.807) is 0 Å². The van der Waals surface area contributed by atoms with E-state index in [1.165, 1.54) is 6.92 Å². The Labute approximate surface area is 83.1 Å². The first-order chi connectivity index (χ1) is 6.49. The zero-order valence-electron chi connectivity index (χ0n) is 8.66. The summed E-state index contributed by atoms with van der Waals surface area (Å²) in [6, 6.07) is -0.471. The minimum atomic E-state index is -1.06. The number of hydrogen-bond donors (Lipinski definition) is 1. The summed E-state index contributed by atoms with van der Waals surface area (Å²) in [6.45, 7) is 5.12. The van der Waals surface area contributed by atoms with Gasteiger partial charge in [-0.15, -0.1) is 0 Å². The lowest BCUT2D eigenvalue weighted by atomic mass is 9.91. The third kappa shape index (κ3) is 1.69. The van der Waals surface area contributed by atoms with Crippen molar-refractivity contribution in [2.45, 2.75) is 33.2 Å². The number of amides is 1. The fourth-order valence-corrected chi connectivity index (χ4v) is 1.66. The van der Waals surface area contributed by atoms with Gasteiger partial charge in [-0.25, -0.2) is 0 Å². The first kappa shape index (κ1) is 10.9. The third-order valence-electron chi connectivity index (χ3n) is 2.77. The van der Waals surface area contributed by atoms with Crippen LogP contribution < -0.4 is 5.32 Å². The monoisotopic (exact) mass is 197 g/mol. The van der Waals surface area contributed by atoms with Crippen LogP contribution in [-0.2, 0) is 14.4 Å². The van der Waals surface area contributed by atoms with Crippen LogP contribution in [0, 0.1) is 11.8 Å². The molecule has 1 aliphatic heterocycles. The molecule has 4 nitrogen and oxygen atoms in total. The fraction of sp³-hybridized carbons (Fsp3) is 0.700. The maximum Gasteiger partial charge on any atom is 0.238 e. The van der Waals surface area contributed by atoms with E-state index in [0.29, 0.717) is 0 Å². The highest BCUT2D eigenvalue weighted by Crippen LogP contribution is 2.20. The Bertz CT molecular complexity index is 285. The van der Waals surface area contributed by atoms with E-state index in [4.69, 9.17) is 0 Å². The van der Waals surface area contributed by atoms with Crippen molar-refractivity contribution < 1.29 is 14.4 Å². The quantitative estimate of drug-likeness (QED) is 0.662. The highest BCUT2D eigenvalue weighted by Gasteiger charge is 2.45. The van der Waals surface area contributed by atoms with E-state index in [-0.39, 0.29) is 17.5 Å². The van der Waals surface area contributed by atoms with Gasteiger partial charge in [0.05, 0.1) is 6.04 Å². The van der Waals surface area contributed by atoms with Gasteiger partial charge in [0.1, 0.15) is 5.78 Å². The van der Waals surface area contributed by atoms with Crippen LogP contribution in [-0.4, -0.2) is 23.5 Å². The second-order valence-corrected chi connectivity index (χ2v) is 3.82. The molecular weight excluding hydrogens is 182 g/mol. The summed E-state index contributed by atoms with van der Waals surface area (Å²) in [7, 11) is 0. The molecule has 1 N–H and O–H groups in total. The fourth-order valence-electron chi connectivity index (χ4n) is 1.66. The number of carbonyl (C=O) groups is 3. The first-order valence-electron chi connectivity index (χ1n) is 4.83. The maximum absolute atomic E-state index is 11.7. The van der Waals surface area contributed by atoms with Gasteiger partial charge in [0.15, 0.2) is 11.7 Å². The van der Waals surface area contributed by atoms with Gasteiger partial charge in [-0.05, 0) is 12.8 Å². The molecular formula is C10H15NO3. The Morgan fingerprint density at radius 1 is 1.50 bits per heavy atom. The topological polar surface area (TPSA) is 63.2 Å². The van der Waals surface area contributed by atoms with Crippen LogP contribution in [0.4, 0.5) is 0 Å². The summed E-state index contributed by atoms with van der Waals surface area (Å²) in [5, 5.41) is 2.58. The third-order valence-corrected chi connectivity index (χ3v) is 2.77. The Hall–Kier alpha value is -1.19. The highest BCUT2D eigenvalue weighted by atomic mass is 16.2. The molecule has 78 valence electrons. The molecule has 1 saturated heterocycles. The molecule has 1 rings (SSSR count). The Morgan fingerprint density at radius 2 is 2.07 bits per heavy atom. The number of Topliss-reactive ketones (excluding diaryl/α,β-unsaturated/α-hetero) is 2. The summed E-state index contributed by atoms with van der Waals surface area (Å²) < 4.78 is 0. The van der Waals surface area contributed by atoms with Crippen LogP contribution in [0.1, 0.15) is 27.2 Å². The minimum Gasteiger partial charge on any atom is -0.345 e. The zero-order valence-corrected chi connectivity index (χ0v) is 8.66. The molecule has 0 unspecified atom stereocenters. The Morgan fingerprint density at radius 3 is 2.43 bits per heavy atom. The van der Waals surface area contributed by atoms with E-state index in [9.17, 15) is 14.4 Å². The molecule has 0 aromatic heterocycles. The first-order valence-corrected chi connectivity index (χ1v) is 4.83. The predicted molar refractivity (Wildman–Crippen MR) is 50.6 cm³/mol. The zero-order chi connectivity index (χ0) is 10.9. The standard InChI is InChI=1S/C10H15NO3/c1-4-5(2)8-9(13)7(6(3)12)10(14)11-8/h5,7-8H,4H2,1-3H3,(H,11,14)/t5-,7+,8+/m1/s1. The van der Waals surface area contributed by atoms with E-state index in [0.717, 1.165) is 6.42 Å². The van der Waals surface area contributed by atoms with Crippen molar-refractivity contribution in [3.63, 3.8) is 0 Å². The average Bonchev–Trinajstić information content (AvgIpc) is 2.40. The second kappa shape index (κ2) is 3.90. The number of nitrogens with one attached hydrogen (secondary N) is 1. The molecule has 1 amide bonds. The molecule has 14 heavy (non-hydrogen) atoms. The van der Waals surface area contributed by atoms with Gasteiger partial charge in [-0.1, -0.05) is 20.3 Å². The van der Waals surface area contributed by atoms with Crippen LogP contribution in [0.5, 0.6) is 0 Å². The molecule has 0 aromatic rings.